The van der Waals surface area contributed by atoms with E-state index >= 15 is 0 Å². The molecule has 1 heterocycles. The first kappa shape index (κ1) is 19.6. The molecule has 27 heavy (non-hydrogen) atoms. The maximum absolute atomic E-state index is 10.3. The Kier molecular flexibility index (Phi) is 6.67. The minimum absolute atomic E-state index is 0.137. The number of phenols is 2. The van der Waals surface area contributed by atoms with E-state index in [1.54, 1.807) is 23.5 Å². The van der Waals surface area contributed by atoms with Crippen LogP contribution in [0.2, 0.25) is 0 Å². The topological polar surface area (TPSA) is 58.9 Å². The molecule has 0 radical (unpaired) electrons. The Bertz CT molecular complexity index is 828. The first-order valence-corrected chi connectivity index (χ1v) is 10.6. The van der Waals surface area contributed by atoms with Crippen LogP contribution in [-0.2, 0) is 0 Å². The van der Waals surface area contributed by atoms with Gasteiger partial charge in [0, 0.05) is 32.3 Å². The maximum Gasteiger partial charge on any atom is 0.162 e. The van der Waals surface area contributed by atoms with Crippen molar-refractivity contribution in [2.75, 3.05) is 13.2 Å². The van der Waals surface area contributed by atoms with Crippen molar-refractivity contribution in [1.29, 1.82) is 0 Å². The van der Waals surface area contributed by atoms with Gasteiger partial charge in [-0.1, -0.05) is 39.5 Å². The van der Waals surface area contributed by atoms with E-state index in [2.05, 4.69) is 13.8 Å². The van der Waals surface area contributed by atoms with Gasteiger partial charge in [-0.25, -0.2) is 0 Å². The summed E-state index contributed by atoms with van der Waals surface area (Å²) >= 11 is 1.61. The first-order valence-electron chi connectivity index (χ1n) is 9.81. The van der Waals surface area contributed by atoms with Gasteiger partial charge in [-0.15, -0.1) is 11.3 Å². The molecule has 2 aromatic carbocycles. The number of rotatable bonds is 10. The number of hydrogen-bond acceptors (Lipinski definition) is 5. The lowest BCUT2D eigenvalue weighted by Gasteiger charge is -2.08. The fourth-order valence-electron chi connectivity index (χ4n) is 3.11. The molecule has 4 nitrogen and oxygen atoms in total. The normalized spacial score (nSPS) is 11.3. The van der Waals surface area contributed by atoms with Crippen molar-refractivity contribution in [3.05, 3.63) is 24.3 Å². The van der Waals surface area contributed by atoms with Gasteiger partial charge in [0.05, 0.1) is 13.2 Å². The summed E-state index contributed by atoms with van der Waals surface area (Å²) in [5.74, 6) is 1.31. The van der Waals surface area contributed by atoms with E-state index in [-0.39, 0.29) is 11.5 Å². The Hall–Kier alpha value is -2.14. The van der Waals surface area contributed by atoms with E-state index < -0.39 is 0 Å². The summed E-state index contributed by atoms with van der Waals surface area (Å²) in [5, 5.41) is 22.5. The summed E-state index contributed by atoms with van der Waals surface area (Å²) in [6, 6.07) is 7.23. The number of benzene rings is 2. The number of ether oxygens (including phenoxy) is 2. The smallest absolute Gasteiger partial charge is 0.162 e. The van der Waals surface area contributed by atoms with Crippen LogP contribution in [0.25, 0.3) is 20.2 Å². The molecular formula is C22H28O4S. The monoisotopic (exact) mass is 388 g/mol. The summed E-state index contributed by atoms with van der Waals surface area (Å²) in [6.45, 7) is 5.51. The predicted molar refractivity (Wildman–Crippen MR) is 113 cm³/mol. The van der Waals surface area contributed by atoms with Crippen LogP contribution < -0.4 is 9.47 Å². The lowest BCUT2D eigenvalue weighted by Crippen LogP contribution is -1.97. The summed E-state index contributed by atoms with van der Waals surface area (Å²) in [4.78, 5) is 0. The van der Waals surface area contributed by atoms with Gasteiger partial charge in [-0.05, 0) is 25.0 Å². The summed E-state index contributed by atoms with van der Waals surface area (Å²) < 4.78 is 13.5. The predicted octanol–water partition coefficient (Wildman–Crippen LogP) is 6.60. The van der Waals surface area contributed by atoms with Gasteiger partial charge >= 0.3 is 0 Å². The molecule has 1 aromatic heterocycles. The molecule has 0 aliphatic heterocycles. The maximum atomic E-state index is 10.3. The fourth-order valence-corrected chi connectivity index (χ4v) is 4.23. The average Bonchev–Trinajstić information content (AvgIpc) is 2.98. The molecule has 2 N–H and O–H groups in total. The van der Waals surface area contributed by atoms with Gasteiger partial charge in [-0.2, -0.15) is 0 Å². The lowest BCUT2D eigenvalue weighted by molar-refractivity contribution is 0.291. The first-order chi connectivity index (χ1) is 13.1. The van der Waals surface area contributed by atoms with Gasteiger partial charge in [0.25, 0.3) is 0 Å². The minimum atomic E-state index is 0.137. The fraction of sp³-hybridized carbons (Fsp3) is 0.455. The Morgan fingerprint density at radius 3 is 1.56 bits per heavy atom. The third kappa shape index (κ3) is 4.59. The Morgan fingerprint density at radius 1 is 0.704 bits per heavy atom. The number of fused-ring (bicyclic) bond motifs is 3. The van der Waals surface area contributed by atoms with Crippen LogP contribution in [0.4, 0.5) is 0 Å². The third-order valence-electron chi connectivity index (χ3n) is 4.64. The van der Waals surface area contributed by atoms with Crippen molar-refractivity contribution in [3.63, 3.8) is 0 Å². The third-order valence-corrected chi connectivity index (χ3v) is 5.76. The van der Waals surface area contributed by atoms with Crippen LogP contribution in [0.5, 0.6) is 23.0 Å². The number of thiophene rings is 1. The second-order valence-corrected chi connectivity index (χ2v) is 7.93. The Morgan fingerprint density at radius 2 is 1.15 bits per heavy atom. The zero-order chi connectivity index (χ0) is 19.2. The highest BCUT2D eigenvalue weighted by molar-refractivity contribution is 7.25. The van der Waals surface area contributed by atoms with Crippen molar-refractivity contribution in [1.82, 2.24) is 0 Å². The van der Waals surface area contributed by atoms with E-state index in [1.807, 2.05) is 12.1 Å². The SMILES string of the molecule is CCCCCOc1cc2sc3cc(OCCCCC)c(O)cc3c2cc1O. The molecule has 0 amide bonds. The lowest BCUT2D eigenvalue weighted by atomic mass is 10.1. The molecule has 0 spiro atoms. The molecule has 0 fully saturated rings. The van der Waals surface area contributed by atoms with Gasteiger partial charge in [0.15, 0.2) is 23.0 Å². The average molecular weight is 389 g/mol. The van der Waals surface area contributed by atoms with E-state index in [9.17, 15) is 10.2 Å². The van der Waals surface area contributed by atoms with Crippen molar-refractivity contribution < 1.29 is 19.7 Å². The molecule has 0 atom stereocenters. The molecule has 3 aromatic rings. The minimum Gasteiger partial charge on any atom is -0.504 e. The molecule has 146 valence electrons. The molecule has 0 bridgehead atoms. The number of hydrogen-bond donors (Lipinski definition) is 2. The van der Waals surface area contributed by atoms with Crippen LogP contribution in [0, 0.1) is 0 Å². The van der Waals surface area contributed by atoms with Crippen LogP contribution >= 0.6 is 11.3 Å². The van der Waals surface area contributed by atoms with E-state index in [0.29, 0.717) is 24.7 Å². The van der Waals surface area contributed by atoms with Crippen molar-refractivity contribution >= 4 is 31.5 Å². The van der Waals surface area contributed by atoms with Crippen molar-refractivity contribution in [2.45, 2.75) is 52.4 Å². The number of unbranched alkanes of at least 4 members (excludes halogenated alkanes) is 4. The molecule has 0 unspecified atom stereocenters. The molecule has 0 aliphatic carbocycles. The summed E-state index contributed by atoms with van der Waals surface area (Å²) in [5.41, 5.74) is 0. The second kappa shape index (κ2) is 9.18. The van der Waals surface area contributed by atoms with E-state index in [1.165, 1.54) is 0 Å². The van der Waals surface area contributed by atoms with Crippen molar-refractivity contribution in [2.24, 2.45) is 0 Å². The largest absolute Gasteiger partial charge is 0.504 e. The van der Waals surface area contributed by atoms with Crippen LogP contribution in [0.1, 0.15) is 52.4 Å². The molecule has 0 aliphatic rings. The molecular weight excluding hydrogens is 360 g/mol. The molecule has 0 saturated carbocycles. The Balaban J connectivity index is 1.86. The van der Waals surface area contributed by atoms with Crippen LogP contribution in [0.15, 0.2) is 24.3 Å². The van der Waals surface area contributed by atoms with Crippen molar-refractivity contribution in [3.8, 4) is 23.0 Å². The summed E-state index contributed by atoms with van der Waals surface area (Å²) in [6.07, 6.45) is 6.46. The van der Waals surface area contributed by atoms with Gasteiger partial charge in [0.1, 0.15) is 0 Å². The van der Waals surface area contributed by atoms with E-state index in [0.717, 1.165) is 58.7 Å². The van der Waals surface area contributed by atoms with E-state index in [4.69, 9.17) is 9.47 Å². The van der Waals surface area contributed by atoms with Crippen LogP contribution in [-0.4, -0.2) is 23.4 Å². The number of aromatic hydroxyl groups is 2. The standard InChI is InChI=1S/C22H28O4S/c1-3-5-7-9-25-19-13-21-15(11-17(19)23)16-12-18(24)20(14-22(16)27-21)26-10-8-6-4-2/h11-14,23-24H,3-10H2,1-2H3. The highest BCUT2D eigenvalue weighted by atomic mass is 32.1. The van der Waals surface area contributed by atoms with Crippen LogP contribution in [0.3, 0.4) is 0 Å². The molecule has 3 rings (SSSR count). The zero-order valence-corrected chi connectivity index (χ0v) is 16.9. The molecule has 5 heteroatoms. The highest BCUT2D eigenvalue weighted by Gasteiger charge is 2.14. The highest BCUT2D eigenvalue weighted by Crippen LogP contribution is 2.44. The summed E-state index contributed by atoms with van der Waals surface area (Å²) in [7, 11) is 0. The quantitative estimate of drug-likeness (QED) is 0.384. The van der Waals surface area contributed by atoms with Gasteiger partial charge in [0.2, 0.25) is 0 Å². The Labute approximate surface area is 164 Å². The zero-order valence-electron chi connectivity index (χ0n) is 16.1. The van der Waals surface area contributed by atoms with Gasteiger partial charge in [-0.3, -0.25) is 0 Å². The number of phenolic OH excluding ortho intramolecular Hbond substituents is 2. The van der Waals surface area contributed by atoms with Gasteiger partial charge < -0.3 is 19.7 Å². The molecule has 0 saturated heterocycles. The second-order valence-electron chi connectivity index (χ2n) is 6.85.